The summed E-state index contributed by atoms with van der Waals surface area (Å²) in [5.74, 6) is -1.86. The number of alkyl carbamates (subject to hydrolysis) is 1. The number of benzene rings is 1. The molecule has 3 aliphatic rings. The summed E-state index contributed by atoms with van der Waals surface area (Å²) in [5, 5.41) is 19.6. The zero-order valence-corrected chi connectivity index (χ0v) is 28.3. The first-order valence-electron chi connectivity index (χ1n) is 16.1. The molecule has 1 aromatic carbocycles. The number of carbonyl (C=O) groups excluding carboxylic acids is 4. The second kappa shape index (κ2) is 12.5. The van der Waals surface area contributed by atoms with Gasteiger partial charge in [0.2, 0.25) is 11.8 Å². The predicted molar refractivity (Wildman–Crippen MR) is 178 cm³/mol. The molecule has 3 amide bonds. The van der Waals surface area contributed by atoms with Crippen LogP contribution in [0.25, 0.3) is 22.3 Å². The molecule has 1 fully saturated rings. The number of aliphatic hydroxyl groups is 1. The minimum atomic E-state index is -1.98. The number of hydrogen-bond donors (Lipinski definition) is 4. The molecule has 0 bridgehead atoms. The number of anilines is 2. The van der Waals surface area contributed by atoms with E-state index in [2.05, 4.69) is 20.9 Å². The van der Waals surface area contributed by atoms with Gasteiger partial charge in [0.05, 0.1) is 47.9 Å². The minimum absolute atomic E-state index is 0.206. The van der Waals surface area contributed by atoms with Crippen molar-refractivity contribution in [2.45, 2.75) is 78.0 Å². The Bertz CT molecular complexity index is 1940. The second-order valence-electron chi connectivity index (χ2n) is 13.7. The highest BCUT2D eigenvalue weighted by Crippen LogP contribution is 2.43. The zero-order chi connectivity index (χ0) is 35.4. The lowest BCUT2D eigenvalue weighted by molar-refractivity contribution is -0.169. The number of morpholine rings is 1. The van der Waals surface area contributed by atoms with Crippen molar-refractivity contribution in [1.29, 1.82) is 0 Å². The van der Waals surface area contributed by atoms with Crippen molar-refractivity contribution in [1.82, 2.24) is 20.2 Å². The first kappa shape index (κ1) is 33.9. The van der Waals surface area contributed by atoms with Gasteiger partial charge in [-0.05, 0) is 65.8 Å². The van der Waals surface area contributed by atoms with Gasteiger partial charge in [-0.15, -0.1) is 0 Å². The van der Waals surface area contributed by atoms with E-state index in [9.17, 15) is 29.1 Å². The lowest BCUT2D eigenvalue weighted by Crippen LogP contribution is -2.51. The van der Waals surface area contributed by atoms with Gasteiger partial charge in [-0.1, -0.05) is 0 Å². The largest absolute Gasteiger partial charge is 0.458 e. The molecule has 0 aliphatic carbocycles. The average Bonchev–Trinajstić information content (AvgIpc) is 3.39. The smallest absolute Gasteiger partial charge is 0.408 e. The summed E-state index contributed by atoms with van der Waals surface area (Å²) in [5.41, 5.74) is 1.09. The number of amides is 3. The molecule has 260 valence electrons. The van der Waals surface area contributed by atoms with Gasteiger partial charge in [-0.2, -0.15) is 0 Å². The summed E-state index contributed by atoms with van der Waals surface area (Å²) in [4.78, 5) is 71.2. The predicted octanol–water partition coefficient (Wildman–Crippen LogP) is 1.88. The van der Waals surface area contributed by atoms with Crippen LogP contribution in [-0.4, -0.2) is 82.5 Å². The molecule has 6 rings (SSSR count). The van der Waals surface area contributed by atoms with Crippen LogP contribution in [0.4, 0.5) is 16.2 Å². The number of aromatic nitrogens is 2. The molecule has 15 nitrogen and oxygen atoms in total. The van der Waals surface area contributed by atoms with Gasteiger partial charge in [0.1, 0.15) is 24.3 Å². The maximum atomic E-state index is 13.7. The van der Waals surface area contributed by atoms with Crippen LogP contribution < -0.4 is 26.4 Å². The first-order valence-corrected chi connectivity index (χ1v) is 16.1. The SMILES string of the molecule is C[C@H](NC(=O)OC(C)(C)C)C(=O)N[C@@H](C)C(=O)Nc1ccc2nc3c(c(N4CCOCC4)c2c1)Cn1c-3cc2c(c1=O)COC(=O)[C@@]2(C)O. The van der Waals surface area contributed by atoms with Crippen LogP contribution in [-0.2, 0) is 47.3 Å². The lowest BCUT2D eigenvalue weighted by atomic mass is 9.90. The molecule has 15 heteroatoms. The molecule has 0 radical (unpaired) electrons. The molecule has 0 unspecified atom stereocenters. The number of rotatable bonds is 6. The zero-order valence-electron chi connectivity index (χ0n) is 28.3. The monoisotopic (exact) mass is 676 g/mol. The Kier molecular flexibility index (Phi) is 8.61. The Morgan fingerprint density at radius 2 is 1.71 bits per heavy atom. The van der Waals surface area contributed by atoms with E-state index >= 15 is 0 Å². The standard InChI is InChI=1S/C34H40N6O9/c1-17(35-28(41)18(2)36-32(45)49-33(3,4)5)29(42)37-19-7-8-24-20(13-19)27(39-9-11-47-12-10-39)21-15-40-25(26(21)38-24)14-23-22(30(40)43)16-48-31(44)34(23,6)46/h7-8,13-14,17-18,46H,9-12,15-16H2,1-6H3,(H,35,41)(H,36,45)(H,37,42)/t17-,18-,34-/m0/s1. The number of ether oxygens (including phenoxy) is 3. The quantitative estimate of drug-likeness (QED) is 0.218. The van der Waals surface area contributed by atoms with Gasteiger partial charge in [0.15, 0.2) is 5.60 Å². The molecule has 3 atom stereocenters. The van der Waals surface area contributed by atoms with Gasteiger partial charge in [0, 0.05) is 35.3 Å². The molecule has 3 aromatic rings. The maximum absolute atomic E-state index is 13.7. The third-order valence-corrected chi connectivity index (χ3v) is 8.76. The number of nitrogens with zero attached hydrogens (tertiary/aromatic N) is 3. The molecule has 3 aliphatic heterocycles. The van der Waals surface area contributed by atoms with Gasteiger partial charge in [-0.25, -0.2) is 14.6 Å². The van der Waals surface area contributed by atoms with Crippen molar-refractivity contribution >= 4 is 46.2 Å². The second-order valence-corrected chi connectivity index (χ2v) is 13.7. The maximum Gasteiger partial charge on any atom is 0.408 e. The Balaban J connectivity index is 1.30. The molecule has 0 spiro atoms. The highest BCUT2D eigenvalue weighted by Gasteiger charge is 2.43. The number of hydrogen-bond acceptors (Lipinski definition) is 11. The topological polar surface area (TPSA) is 190 Å². The van der Waals surface area contributed by atoms with Gasteiger partial charge >= 0.3 is 12.1 Å². The fourth-order valence-corrected chi connectivity index (χ4v) is 6.24. The van der Waals surface area contributed by atoms with Crippen molar-refractivity contribution < 1.29 is 38.5 Å². The van der Waals surface area contributed by atoms with E-state index in [-0.39, 0.29) is 29.8 Å². The fraction of sp³-hybridized carbons (Fsp3) is 0.471. The Morgan fingerprint density at radius 3 is 2.41 bits per heavy atom. The minimum Gasteiger partial charge on any atom is -0.458 e. The Morgan fingerprint density at radius 1 is 1.02 bits per heavy atom. The highest BCUT2D eigenvalue weighted by atomic mass is 16.6. The molecule has 2 aromatic heterocycles. The van der Waals surface area contributed by atoms with Crippen LogP contribution in [0.15, 0.2) is 29.1 Å². The van der Waals surface area contributed by atoms with Crippen molar-refractivity contribution in [3.05, 3.63) is 51.3 Å². The Labute approximate surface area is 281 Å². The third-order valence-electron chi connectivity index (χ3n) is 8.76. The summed E-state index contributed by atoms with van der Waals surface area (Å²) < 4.78 is 17.5. The van der Waals surface area contributed by atoms with Gasteiger partial charge in [0.25, 0.3) is 5.56 Å². The van der Waals surface area contributed by atoms with Crippen molar-refractivity contribution in [2.75, 3.05) is 36.5 Å². The summed E-state index contributed by atoms with van der Waals surface area (Å²) in [6.45, 7) is 11.6. The molecule has 0 saturated carbocycles. The molecular weight excluding hydrogens is 636 g/mol. The molecule has 4 N–H and O–H groups in total. The lowest BCUT2D eigenvalue weighted by Gasteiger charge is -2.31. The van der Waals surface area contributed by atoms with Crippen LogP contribution >= 0.6 is 0 Å². The average molecular weight is 677 g/mol. The van der Waals surface area contributed by atoms with Crippen LogP contribution in [0, 0.1) is 0 Å². The van der Waals surface area contributed by atoms with Gasteiger partial charge < -0.3 is 44.7 Å². The summed E-state index contributed by atoms with van der Waals surface area (Å²) in [6.07, 6.45) is -0.747. The third kappa shape index (κ3) is 6.43. The van der Waals surface area contributed by atoms with Gasteiger partial charge in [-0.3, -0.25) is 14.4 Å². The van der Waals surface area contributed by atoms with E-state index < -0.39 is 47.2 Å². The van der Waals surface area contributed by atoms with Crippen LogP contribution in [0.3, 0.4) is 0 Å². The fourth-order valence-electron chi connectivity index (χ4n) is 6.24. The van der Waals surface area contributed by atoms with Crippen molar-refractivity contribution in [3.8, 4) is 11.4 Å². The highest BCUT2D eigenvalue weighted by molar-refractivity contribution is 6.03. The molecular formula is C34H40N6O9. The van der Waals surface area contributed by atoms with Crippen molar-refractivity contribution in [3.63, 3.8) is 0 Å². The number of nitrogens with one attached hydrogen (secondary N) is 3. The van der Waals surface area contributed by atoms with E-state index in [0.29, 0.717) is 48.9 Å². The number of esters is 1. The van der Waals surface area contributed by atoms with Crippen LogP contribution in [0.5, 0.6) is 0 Å². The van der Waals surface area contributed by atoms with Crippen LogP contribution in [0.1, 0.15) is 58.2 Å². The van der Waals surface area contributed by atoms with E-state index in [4.69, 9.17) is 19.2 Å². The molecule has 49 heavy (non-hydrogen) atoms. The number of fused-ring (bicyclic) bond motifs is 5. The molecule has 1 saturated heterocycles. The van der Waals surface area contributed by atoms with E-state index in [1.54, 1.807) is 49.6 Å². The summed E-state index contributed by atoms with van der Waals surface area (Å²) in [7, 11) is 0. The van der Waals surface area contributed by atoms with E-state index in [1.165, 1.54) is 20.8 Å². The first-order chi connectivity index (χ1) is 23.0. The normalized spacial score (nSPS) is 19.6. The number of carbonyl (C=O) groups is 4. The van der Waals surface area contributed by atoms with E-state index in [1.807, 2.05) is 0 Å². The number of cyclic esters (lactones) is 1. The Hall–Kier alpha value is -5.02. The van der Waals surface area contributed by atoms with Crippen LogP contribution in [0.2, 0.25) is 0 Å². The van der Waals surface area contributed by atoms with E-state index in [0.717, 1.165) is 16.6 Å². The van der Waals surface area contributed by atoms with Crippen molar-refractivity contribution in [2.24, 2.45) is 0 Å². The summed E-state index contributed by atoms with van der Waals surface area (Å²) in [6, 6.07) is 5.02. The molecule has 5 heterocycles. The summed E-state index contributed by atoms with van der Waals surface area (Å²) >= 11 is 0. The number of pyridine rings is 2.